The lowest BCUT2D eigenvalue weighted by atomic mass is 10.00. The van der Waals surface area contributed by atoms with E-state index in [1.54, 1.807) is 0 Å². The Morgan fingerprint density at radius 1 is 1.50 bits per heavy atom. The van der Waals surface area contributed by atoms with Crippen LogP contribution >= 0.6 is 0 Å². The third kappa shape index (κ3) is 2.07. The number of benzene rings is 1. The zero-order valence-corrected chi connectivity index (χ0v) is 9.44. The van der Waals surface area contributed by atoms with E-state index in [1.165, 1.54) is 0 Å². The second-order valence-corrected chi connectivity index (χ2v) is 4.37. The van der Waals surface area contributed by atoms with Crippen LogP contribution in [0.1, 0.15) is 29.3 Å². The SMILES string of the molecule is C/C(=C/CC1Cc2ccccc2C1=O)CO. The maximum Gasteiger partial charge on any atom is 0.166 e. The third-order valence-electron chi connectivity index (χ3n) is 3.12. The molecule has 1 atom stereocenters. The van der Waals surface area contributed by atoms with Crippen molar-refractivity contribution in [1.29, 1.82) is 0 Å². The summed E-state index contributed by atoms with van der Waals surface area (Å²) < 4.78 is 0. The molecule has 2 nitrogen and oxygen atoms in total. The quantitative estimate of drug-likeness (QED) is 0.788. The van der Waals surface area contributed by atoms with Gasteiger partial charge >= 0.3 is 0 Å². The van der Waals surface area contributed by atoms with Crippen molar-refractivity contribution in [2.75, 3.05) is 6.61 Å². The van der Waals surface area contributed by atoms with Crippen molar-refractivity contribution in [1.82, 2.24) is 0 Å². The molecule has 0 saturated carbocycles. The van der Waals surface area contributed by atoms with Gasteiger partial charge in [0.15, 0.2) is 5.78 Å². The van der Waals surface area contributed by atoms with Crippen LogP contribution in [0.5, 0.6) is 0 Å². The molecule has 0 radical (unpaired) electrons. The van der Waals surface area contributed by atoms with Gasteiger partial charge in [0.1, 0.15) is 0 Å². The van der Waals surface area contributed by atoms with E-state index >= 15 is 0 Å². The lowest BCUT2D eigenvalue weighted by Gasteiger charge is -2.04. The van der Waals surface area contributed by atoms with Crippen LogP contribution in [0.4, 0.5) is 0 Å². The van der Waals surface area contributed by atoms with Crippen molar-refractivity contribution in [3.05, 3.63) is 47.0 Å². The molecule has 0 heterocycles. The molecule has 0 bridgehead atoms. The Morgan fingerprint density at radius 2 is 2.25 bits per heavy atom. The van der Waals surface area contributed by atoms with Gasteiger partial charge in [-0.2, -0.15) is 0 Å². The van der Waals surface area contributed by atoms with E-state index in [0.29, 0.717) is 0 Å². The Hall–Kier alpha value is -1.41. The summed E-state index contributed by atoms with van der Waals surface area (Å²) in [5.41, 5.74) is 2.97. The Bertz CT molecular complexity index is 432. The highest BCUT2D eigenvalue weighted by Gasteiger charge is 2.28. The minimum absolute atomic E-state index is 0.0684. The molecule has 1 unspecified atom stereocenters. The number of fused-ring (bicyclic) bond motifs is 1. The minimum Gasteiger partial charge on any atom is -0.392 e. The van der Waals surface area contributed by atoms with Gasteiger partial charge in [-0.25, -0.2) is 0 Å². The van der Waals surface area contributed by atoms with Gasteiger partial charge in [0.2, 0.25) is 0 Å². The first-order valence-electron chi connectivity index (χ1n) is 5.61. The summed E-state index contributed by atoms with van der Waals surface area (Å²) in [5.74, 6) is 0.316. The van der Waals surface area contributed by atoms with Crippen molar-refractivity contribution >= 4 is 5.78 Å². The van der Waals surface area contributed by atoms with Gasteiger partial charge in [-0.1, -0.05) is 35.9 Å². The highest BCUT2D eigenvalue weighted by Crippen LogP contribution is 2.29. The first kappa shape index (κ1) is 11.1. The monoisotopic (exact) mass is 216 g/mol. The van der Waals surface area contributed by atoms with Gasteiger partial charge in [0.25, 0.3) is 0 Å². The number of hydrogen-bond donors (Lipinski definition) is 1. The summed E-state index contributed by atoms with van der Waals surface area (Å²) in [7, 11) is 0. The van der Waals surface area contributed by atoms with Crippen LogP contribution in [0.15, 0.2) is 35.9 Å². The van der Waals surface area contributed by atoms with Crippen LogP contribution in [0.2, 0.25) is 0 Å². The van der Waals surface area contributed by atoms with Gasteiger partial charge in [-0.3, -0.25) is 4.79 Å². The number of ketones is 1. The number of aliphatic hydroxyl groups is 1. The van der Waals surface area contributed by atoms with Crippen LogP contribution in [-0.2, 0) is 6.42 Å². The lowest BCUT2D eigenvalue weighted by molar-refractivity contribution is 0.0937. The molecule has 1 aliphatic rings. The molecule has 0 saturated heterocycles. The summed E-state index contributed by atoms with van der Waals surface area (Å²) in [4.78, 5) is 12.0. The summed E-state index contributed by atoms with van der Waals surface area (Å²) in [6, 6.07) is 7.81. The first-order valence-corrected chi connectivity index (χ1v) is 5.61. The highest BCUT2D eigenvalue weighted by molar-refractivity contribution is 6.02. The van der Waals surface area contributed by atoms with Crippen LogP contribution in [-0.4, -0.2) is 17.5 Å². The number of aliphatic hydroxyl groups excluding tert-OH is 1. The first-order chi connectivity index (χ1) is 7.72. The summed E-state index contributed by atoms with van der Waals surface area (Å²) in [5, 5.41) is 8.89. The van der Waals surface area contributed by atoms with Gasteiger partial charge in [0.05, 0.1) is 6.61 Å². The second-order valence-electron chi connectivity index (χ2n) is 4.37. The van der Waals surface area contributed by atoms with E-state index in [1.807, 2.05) is 37.3 Å². The predicted octanol–water partition coefficient (Wildman–Crippen LogP) is 2.37. The minimum atomic E-state index is 0.0684. The van der Waals surface area contributed by atoms with Crippen molar-refractivity contribution in [2.24, 2.45) is 5.92 Å². The largest absolute Gasteiger partial charge is 0.392 e. The molecule has 1 aromatic rings. The molecule has 0 spiro atoms. The Kier molecular flexibility index (Phi) is 3.20. The Labute approximate surface area is 95.6 Å². The molecular formula is C14H16O2. The molecule has 0 amide bonds. The van der Waals surface area contributed by atoms with Gasteiger partial charge in [-0.15, -0.1) is 0 Å². The fraction of sp³-hybridized carbons (Fsp3) is 0.357. The van der Waals surface area contributed by atoms with Crippen molar-refractivity contribution in [3.8, 4) is 0 Å². The summed E-state index contributed by atoms with van der Waals surface area (Å²) in [6.45, 7) is 1.96. The summed E-state index contributed by atoms with van der Waals surface area (Å²) >= 11 is 0. The van der Waals surface area contributed by atoms with Crippen molar-refractivity contribution in [2.45, 2.75) is 19.8 Å². The van der Waals surface area contributed by atoms with Crippen LogP contribution in [0.3, 0.4) is 0 Å². The maximum absolute atomic E-state index is 12.0. The van der Waals surface area contributed by atoms with E-state index in [0.717, 1.165) is 29.5 Å². The number of rotatable bonds is 3. The molecule has 0 fully saturated rings. The molecule has 2 heteroatoms. The fourth-order valence-corrected chi connectivity index (χ4v) is 2.12. The molecular weight excluding hydrogens is 200 g/mol. The molecule has 1 N–H and O–H groups in total. The molecule has 16 heavy (non-hydrogen) atoms. The summed E-state index contributed by atoms with van der Waals surface area (Å²) in [6.07, 6.45) is 3.54. The Morgan fingerprint density at radius 3 is 2.94 bits per heavy atom. The van der Waals surface area contributed by atoms with E-state index in [9.17, 15) is 4.79 Å². The molecule has 84 valence electrons. The number of carbonyl (C=O) groups is 1. The predicted molar refractivity (Wildman–Crippen MR) is 63.4 cm³/mol. The van der Waals surface area contributed by atoms with Crippen LogP contribution in [0, 0.1) is 5.92 Å². The third-order valence-corrected chi connectivity index (χ3v) is 3.12. The van der Waals surface area contributed by atoms with Gasteiger partial charge in [0, 0.05) is 11.5 Å². The van der Waals surface area contributed by atoms with Crippen LogP contribution in [0.25, 0.3) is 0 Å². The average molecular weight is 216 g/mol. The zero-order chi connectivity index (χ0) is 11.5. The normalized spacial score (nSPS) is 20.0. The molecule has 1 aromatic carbocycles. The van der Waals surface area contributed by atoms with Gasteiger partial charge in [-0.05, 0) is 25.3 Å². The standard InChI is InChI=1S/C14H16O2/c1-10(9-15)6-7-12-8-11-4-2-3-5-13(11)14(12)16/h2-6,12,15H,7-9H2,1H3/b10-6-. The molecule has 0 aliphatic heterocycles. The van der Waals surface area contributed by atoms with E-state index < -0.39 is 0 Å². The highest BCUT2D eigenvalue weighted by atomic mass is 16.3. The van der Waals surface area contributed by atoms with Crippen molar-refractivity contribution in [3.63, 3.8) is 0 Å². The van der Waals surface area contributed by atoms with Crippen LogP contribution < -0.4 is 0 Å². The van der Waals surface area contributed by atoms with E-state index in [-0.39, 0.29) is 18.3 Å². The number of allylic oxidation sites excluding steroid dienone is 1. The average Bonchev–Trinajstić information content (AvgIpc) is 2.64. The maximum atomic E-state index is 12.0. The molecule has 2 rings (SSSR count). The number of Topliss-reactive ketones (excluding diaryl/α,β-unsaturated/α-hetero) is 1. The molecule has 1 aliphatic carbocycles. The number of carbonyl (C=O) groups excluding carboxylic acids is 1. The van der Waals surface area contributed by atoms with Crippen molar-refractivity contribution < 1.29 is 9.90 Å². The number of hydrogen-bond acceptors (Lipinski definition) is 2. The van der Waals surface area contributed by atoms with E-state index in [4.69, 9.17) is 5.11 Å². The van der Waals surface area contributed by atoms with E-state index in [2.05, 4.69) is 0 Å². The Balaban J connectivity index is 2.10. The topological polar surface area (TPSA) is 37.3 Å². The lowest BCUT2D eigenvalue weighted by Crippen LogP contribution is -2.07. The zero-order valence-electron chi connectivity index (χ0n) is 9.44. The van der Waals surface area contributed by atoms with Gasteiger partial charge < -0.3 is 5.11 Å². The smallest absolute Gasteiger partial charge is 0.166 e. The second kappa shape index (κ2) is 4.62. The molecule has 0 aromatic heterocycles. The fourth-order valence-electron chi connectivity index (χ4n) is 2.12.